The van der Waals surface area contributed by atoms with Crippen molar-refractivity contribution in [3.05, 3.63) is 76.3 Å². The number of hydrogen-bond donors (Lipinski definition) is 2. The van der Waals surface area contributed by atoms with E-state index in [0.29, 0.717) is 16.9 Å². The highest BCUT2D eigenvalue weighted by molar-refractivity contribution is 6.34. The first kappa shape index (κ1) is 24.2. The maximum atomic E-state index is 14.1. The molecule has 2 heterocycles. The van der Waals surface area contributed by atoms with Crippen molar-refractivity contribution in [3.63, 3.8) is 0 Å². The van der Waals surface area contributed by atoms with Crippen molar-refractivity contribution in [2.75, 3.05) is 18.0 Å². The van der Waals surface area contributed by atoms with E-state index >= 15 is 0 Å². The number of rotatable bonds is 4. The molecule has 0 spiro atoms. The van der Waals surface area contributed by atoms with Crippen LogP contribution in [0.5, 0.6) is 0 Å². The minimum absolute atomic E-state index is 0.00515. The van der Waals surface area contributed by atoms with Gasteiger partial charge in [-0.05, 0) is 61.9 Å². The lowest BCUT2D eigenvalue weighted by atomic mass is 10.1. The summed E-state index contributed by atoms with van der Waals surface area (Å²) in [5, 5.41) is 15.8. The highest BCUT2D eigenvalue weighted by Crippen LogP contribution is 2.31. The number of aromatic nitrogens is 2. The number of aliphatic carboxylic acids is 1. The number of carbonyl (C=O) groups excluding carboxylic acids is 2. The molecule has 1 aliphatic rings. The van der Waals surface area contributed by atoms with E-state index in [4.69, 9.17) is 16.7 Å². The number of fused-ring (bicyclic) bond motifs is 1. The Morgan fingerprint density at radius 1 is 1.20 bits per heavy atom. The van der Waals surface area contributed by atoms with Gasteiger partial charge in [0.25, 0.3) is 5.91 Å². The molecule has 3 amide bonds. The Hall–Kier alpha value is -3.92. The molecule has 4 rings (SSSR count). The van der Waals surface area contributed by atoms with Crippen LogP contribution in [0.15, 0.2) is 48.7 Å². The van der Waals surface area contributed by atoms with E-state index in [0.717, 1.165) is 5.69 Å². The zero-order valence-corrected chi connectivity index (χ0v) is 19.8. The second-order valence-electron chi connectivity index (χ2n) is 8.28. The summed E-state index contributed by atoms with van der Waals surface area (Å²) in [6, 6.07) is 9.68. The molecule has 0 unspecified atom stereocenters. The van der Waals surface area contributed by atoms with Gasteiger partial charge in [-0.1, -0.05) is 11.6 Å². The average molecular weight is 500 g/mol. The van der Waals surface area contributed by atoms with Crippen molar-refractivity contribution in [2.45, 2.75) is 26.4 Å². The van der Waals surface area contributed by atoms with E-state index in [1.165, 1.54) is 28.0 Å². The van der Waals surface area contributed by atoms with E-state index in [2.05, 4.69) is 10.4 Å². The van der Waals surface area contributed by atoms with E-state index in [1.54, 1.807) is 36.0 Å². The molecule has 0 saturated heterocycles. The van der Waals surface area contributed by atoms with Crippen LogP contribution in [0, 0.1) is 12.7 Å². The predicted octanol–water partition coefficient (Wildman–Crippen LogP) is 3.62. The number of carbonyl (C=O) groups is 3. The summed E-state index contributed by atoms with van der Waals surface area (Å²) >= 11 is 6.50. The minimum atomic E-state index is -1.19. The summed E-state index contributed by atoms with van der Waals surface area (Å²) in [4.78, 5) is 40.0. The van der Waals surface area contributed by atoms with Crippen LogP contribution in [0.2, 0.25) is 5.02 Å². The van der Waals surface area contributed by atoms with Gasteiger partial charge in [0.2, 0.25) is 0 Å². The fraction of sp³-hybridized carbons (Fsp3) is 0.250. The first-order valence-electron chi connectivity index (χ1n) is 10.8. The van der Waals surface area contributed by atoms with Gasteiger partial charge < -0.3 is 20.2 Å². The fourth-order valence-electron chi connectivity index (χ4n) is 3.99. The van der Waals surface area contributed by atoms with Gasteiger partial charge in [0.05, 0.1) is 22.0 Å². The second kappa shape index (κ2) is 9.75. The monoisotopic (exact) mass is 499 g/mol. The maximum Gasteiger partial charge on any atom is 0.323 e. The lowest BCUT2D eigenvalue weighted by Gasteiger charge is -2.29. The van der Waals surface area contributed by atoms with Gasteiger partial charge in [-0.15, -0.1) is 0 Å². The molecule has 2 aromatic carbocycles. The number of nitrogens with zero attached hydrogens (tertiary/aromatic N) is 4. The third-order valence-electron chi connectivity index (χ3n) is 5.72. The molecule has 1 atom stereocenters. The van der Waals surface area contributed by atoms with Crippen LogP contribution in [-0.2, 0) is 11.3 Å². The van der Waals surface area contributed by atoms with Gasteiger partial charge in [-0.2, -0.15) is 5.10 Å². The first-order chi connectivity index (χ1) is 16.6. The van der Waals surface area contributed by atoms with Crippen LogP contribution in [-0.4, -0.2) is 56.8 Å². The summed E-state index contributed by atoms with van der Waals surface area (Å²) in [7, 11) is 0. The number of carboxylic acids is 1. The Morgan fingerprint density at radius 2 is 1.97 bits per heavy atom. The van der Waals surface area contributed by atoms with Gasteiger partial charge in [-0.3, -0.25) is 9.59 Å². The Morgan fingerprint density at radius 3 is 2.63 bits per heavy atom. The van der Waals surface area contributed by atoms with Crippen molar-refractivity contribution in [1.29, 1.82) is 0 Å². The zero-order valence-electron chi connectivity index (χ0n) is 19.0. The molecule has 0 radical (unpaired) electrons. The fourth-order valence-corrected chi connectivity index (χ4v) is 4.24. The topological polar surface area (TPSA) is 108 Å². The number of anilines is 1. The van der Waals surface area contributed by atoms with E-state index in [1.807, 2.05) is 13.0 Å². The molecular formula is C24H23ClFN5O4. The summed E-state index contributed by atoms with van der Waals surface area (Å²) in [6.07, 6.45) is 1.79. The molecule has 182 valence electrons. The second-order valence-corrected chi connectivity index (χ2v) is 8.69. The Kier molecular flexibility index (Phi) is 6.74. The number of carboxylic acid groups (broad SMARTS) is 1. The average Bonchev–Trinajstić information content (AvgIpc) is 3.19. The van der Waals surface area contributed by atoms with Crippen LogP contribution >= 0.6 is 11.6 Å². The lowest BCUT2D eigenvalue weighted by molar-refractivity contribution is -0.135. The molecule has 0 aliphatic carbocycles. The van der Waals surface area contributed by atoms with Gasteiger partial charge in [0.1, 0.15) is 12.4 Å². The largest absolute Gasteiger partial charge is 0.480 e. The van der Waals surface area contributed by atoms with Gasteiger partial charge in [-0.25, -0.2) is 13.9 Å². The third kappa shape index (κ3) is 5.12. The molecule has 11 heteroatoms. The predicted molar refractivity (Wildman–Crippen MR) is 127 cm³/mol. The molecule has 1 aliphatic heterocycles. The molecule has 0 bridgehead atoms. The number of nitrogens with one attached hydrogen (secondary N) is 1. The van der Waals surface area contributed by atoms with Crippen LogP contribution in [0.4, 0.5) is 14.9 Å². The number of amides is 3. The number of aryl methyl sites for hydroxylation is 1. The van der Waals surface area contributed by atoms with Gasteiger partial charge >= 0.3 is 12.0 Å². The van der Waals surface area contributed by atoms with Crippen LogP contribution in [0.1, 0.15) is 28.5 Å². The van der Waals surface area contributed by atoms with E-state index in [9.17, 15) is 18.8 Å². The SMILES string of the molecule is Cc1ccn(-c2ccc(C(=O)N3C[C@@H](C)N(C(=O)NCC(=O)O)Cc4cc(F)ccc43)c(Cl)c2)n1. The maximum absolute atomic E-state index is 14.1. The van der Waals surface area contributed by atoms with Crippen LogP contribution in [0.25, 0.3) is 5.69 Å². The number of hydrogen-bond acceptors (Lipinski definition) is 4. The molecule has 9 nitrogen and oxygen atoms in total. The quantitative estimate of drug-likeness (QED) is 0.570. The number of halogens is 2. The molecule has 3 aromatic rings. The van der Waals surface area contributed by atoms with Crippen molar-refractivity contribution in [1.82, 2.24) is 20.0 Å². The van der Waals surface area contributed by atoms with Gasteiger partial charge in [0.15, 0.2) is 0 Å². The molecule has 35 heavy (non-hydrogen) atoms. The Labute approximate surface area is 205 Å². The van der Waals surface area contributed by atoms with E-state index < -0.39 is 36.3 Å². The zero-order chi connectivity index (χ0) is 25.3. The smallest absolute Gasteiger partial charge is 0.323 e. The molecule has 0 saturated carbocycles. The molecular weight excluding hydrogens is 477 g/mol. The standard InChI is InChI=1S/C24H23ClFN5O4/c1-14-7-8-31(28-14)18-4-5-19(20(25)10-18)23(34)30-12-15(2)29(24(35)27-11-22(32)33)13-16-9-17(26)3-6-21(16)30/h3-10,15H,11-13H2,1-2H3,(H,27,35)(H,32,33)/t15-/m1/s1. The molecule has 0 fully saturated rings. The molecule has 2 N–H and O–H groups in total. The van der Waals surface area contributed by atoms with Crippen LogP contribution in [0.3, 0.4) is 0 Å². The van der Waals surface area contributed by atoms with Crippen molar-refractivity contribution < 1.29 is 23.9 Å². The first-order valence-corrected chi connectivity index (χ1v) is 11.2. The van der Waals surface area contributed by atoms with Crippen molar-refractivity contribution >= 4 is 35.2 Å². The minimum Gasteiger partial charge on any atom is -0.480 e. The van der Waals surface area contributed by atoms with Crippen molar-refractivity contribution in [2.24, 2.45) is 0 Å². The summed E-state index contributed by atoms with van der Waals surface area (Å²) in [5.74, 6) is -2.12. The van der Waals surface area contributed by atoms with Gasteiger partial charge in [0, 0.05) is 31.0 Å². The third-order valence-corrected chi connectivity index (χ3v) is 6.03. The highest BCUT2D eigenvalue weighted by Gasteiger charge is 2.32. The number of benzene rings is 2. The van der Waals surface area contributed by atoms with Crippen molar-refractivity contribution in [3.8, 4) is 5.69 Å². The summed E-state index contributed by atoms with van der Waals surface area (Å²) in [5.41, 5.74) is 2.62. The summed E-state index contributed by atoms with van der Waals surface area (Å²) < 4.78 is 15.7. The normalized spacial score (nSPS) is 15.4. The molecule has 1 aromatic heterocycles. The summed E-state index contributed by atoms with van der Waals surface area (Å²) in [6.45, 7) is 3.12. The van der Waals surface area contributed by atoms with E-state index in [-0.39, 0.29) is 23.7 Å². The lowest BCUT2D eigenvalue weighted by Crippen LogP contribution is -2.49. The highest BCUT2D eigenvalue weighted by atomic mass is 35.5. The number of urea groups is 1. The Bertz CT molecular complexity index is 1310. The Balaban J connectivity index is 1.67. The van der Waals surface area contributed by atoms with Crippen LogP contribution < -0.4 is 10.2 Å².